The van der Waals surface area contributed by atoms with E-state index in [1.807, 2.05) is 20.0 Å². The zero-order chi connectivity index (χ0) is 21.7. The van der Waals surface area contributed by atoms with E-state index in [0.717, 1.165) is 18.5 Å². The first kappa shape index (κ1) is 20.5. The molecule has 8 heteroatoms. The Morgan fingerprint density at radius 2 is 2.00 bits per heavy atom. The van der Waals surface area contributed by atoms with Gasteiger partial charge in [-0.05, 0) is 48.7 Å². The van der Waals surface area contributed by atoms with Gasteiger partial charge in [-0.1, -0.05) is 30.3 Å². The van der Waals surface area contributed by atoms with Crippen molar-refractivity contribution in [2.75, 3.05) is 18.7 Å². The molecule has 2 saturated heterocycles. The van der Waals surface area contributed by atoms with Crippen molar-refractivity contribution in [3.8, 4) is 0 Å². The number of nitrogens with one attached hydrogen (secondary N) is 3. The van der Waals surface area contributed by atoms with E-state index in [9.17, 15) is 14.3 Å². The number of fused-ring (bicyclic) bond motifs is 2. The molecule has 4 N–H and O–H groups in total. The number of halogens is 1. The number of aliphatic hydroxyl groups excluding tert-OH is 1. The van der Waals surface area contributed by atoms with Gasteiger partial charge in [0, 0.05) is 25.0 Å². The predicted molar refractivity (Wildman–Crippen MR) is 115 cm³/mol. The van der Waals surface area contributed by atoms with Gasteiger partial charge in [-0.15, -0.1) is 0 Å². The molecule has 3 unspecified atom stereocenters. The highest BCUT2D eigenvalue weighted by molar-refractivity contribution is 5.94. The number of hydrazine groups is 2. The summed E-state index contributed by atoms with van der Waals surface area (Å²) in [6, 6.07) is 11.2. The molecule has 3 heterocycles. The fourth-order valence-corrected chi connectivity index (χ4v) is 5.03. The normalized spacial score (nSPS) is 28.5. The molecule has 5 rings (SSSR count). The number of hydrogen-bond donors (Lipinski definition) is 4. The number of rotatable bonds is 3. The lowest BCUT2D eigenvalue weighted by Gasteiger charge is -2.38. The Morgan fingerprint density at radius 1 is 1.16 bits per heavy atom. The van der Waals surface area contributed by atoms with Gasteiger partial charge in [0.15, 0.2) is 0 Å². The summed E-state index contributed by atoms with van der Waals surface area (Å²) in [6.07, 6.45) is 1.11. The van der Waals surface area contributed by atoms with Gasteiger partial charge >= 0.3 is 0 Å². The van der Waals surface area contributed by atoms with Crippen LogP contribution in [0.15, 0.2) is 36.4 Å². The summed E-state index contributed by atoms with van der Waals surface area (Å²) in [5.74, 6) is -0.573. The minimum Gasteiger partial charge on any atom is -0.395 e. The lowest BCUT2D eigenvalue weighted by molar-refractivity contribution is -0.121. The summed E-state index contributed by atoms with van der Waals surface area (Å²) < 4.78 is 14.6. The van der Waals surface area contributed by atoms with E-state index in [-0.39, 0.29) is 43.1 Å². The Balaban J connectivity index is 1.42. The van der Waals surface area contributed by atoms with Crippen LogP contribution in [0.4, 0.5) is 10.1 Å². The van der Waals surface area contributed by atoms with Gasteiger partial charge in [0.1, 0.15) is 5.82 Å². The summed E-state index contributed by atoms with van der Waals surface area (Å²) in [6.45, 7) is 2.75. The van der Waals surface area contributed by atoms with Crippen molar-refractivity contribution in [2.24, 2.45) is 0 Å². The number of amides is 1. The van der Waals surface area contributed by atoms with Gasteiger partial charge in [-0.25, -0.2) is 20.3 Å². The van der Waals surface area contributed by atoms with Gasteiger partial charge in [0.05, 0.1) is 24.4 Å². The second-order valence-electron chi connectivity index (χ2n) is 8.85. The number of para-hydroxylation sites is 1. The lowest BCUT2D eigenvalue weighted by atomic mass is 9.88. The molecular formula is C23H28FN5O2. The average molecular weight is 426 g/mol. The molecule has 31 heavy (non-hydrogen) atoms. The Bertz CT molecular complexity index is 995. The van der Waals surface area contributed by atoms with E-state index in [4.69, 9.17) is 0 Å². The second kappa shape index (κ2) is 7.96. The summed E-state index contributed by atoms with van der Waals surface area (Å²) in [5, 5.41) is 11.0. The van der Waals surface area contributed by atoms with Crippen molar-refractivity contribution in [2.45, 2.75) is 50.5 Å². The van der Waals surface area contributed by atoms with Gasteiger partial charge < -0.3 is 5.11 Å². The quantitative estimate of drug-likeness (QED) is 0.594. The molecule has 1 amide bonds. The third-order valence-electron chi connectivity index (χ3n) is 6.85. The SMILES string of the molecule is Cc1cccc(F)c1N1NC2C(CC1=O)NNC2c1ccc2c(c1)CN(C)[C@@H](CO)C2. The third-order valence-corrected chi connectivity index (χ3v) is 6.85. The molecular weight excluding hydrogens is 397 g/mol. The number of benzene rings is 2. The van der Waals surface area contributed by atoms with Crippen molar-refractivity contribution in [1.82, 2.24) is 21.2 Å². The first-order valence-corrected chi connectivity index (χ1v) is 10.7. The van der Waals surface area contributed by atoms with Crippen molar-refractivity contribution in [3.05, 3.63) is 64.5 Å². The smallest absolute Gasteiger partial charge is 0.243 e. The summed E-state index contributed by atoms with van der Waals surface area (Å²) in [5.41, 5.74) is 14.5. The molecule has 0 radical (unpaired) electrons. The van der Waals surface area contributed by atoms with Crippen LogP contribution < -0.4 is 21.3 Å². The maximum atomic E-state index is 14.6. The summed E-state index contributed by atoms with van der Waals surface area (Å²) in [7, 11) is 2.03. The van der Waals surface area contributed by atoms with Crippen LogP contribution >= 0.6 is 0 Å². The molecule has 0 saturated carbocycles. The molecule has 2 aromatic rings. The van der Waals surface area contributed by atoms with Crippen molar-refractivity contribution in [3.63, 3.8) is 0 Å². The minimum absolute atomic E-state index is 0.0705. The van der Waals surface area contributed by atoms with Crippen LogP contribution in [-0.2, 0) is 17.8 Å². The highest BCUT2D eigenvalue weighted by Gasteiger charge is 2.44. The molecule has 0 aromatic heterocycles. The van der Waals surface area contributed by atoms with E-state index in [1.54, 1.807) is 6.07 Å². The highest BCUT2D eigenvalue weighted by Crippen LogP contribution is 2.33. The molecule has 164 valence electrons. The standard InChI is InChI=1S/C23H28FN5O2/c1-13-4-3-5-18(24)23(13)29-20(31)10-19-22(27-29)21(26-25-19)15-7-6-14-9-17(12-30)28(2)11-16(14)8-15/h3-8,17,19,21-22,25-27,30H,9-12H2,1-2H3/t17-,19?,21?,22?/m1/s1. The van der Waals surface area contributed by atoms with E-state index < -0.39 is 5.82 Å². The van der Waals surface area contributed by atoms with Crippen molar-refractivity contribution in [1.29, 1.82) is 0 Å². The number of aliphatic hydroxyl groups is 1. The second-order valence-corrected chi connectivity index (χ2v) is 8.85. The van der Waals surface area contributed by atoms with Gasteiger partial charge in [0.2, 0.25) is 5.91 Å². The van der Waals surface area contributed by atoms with Crippen LogP contribution in [0, 0.1) is 12.7 Å². The third kappa shape index (κ3) is 3.54. The first-order chi connectivity index (χ1) is 15.0. The van der Waals surface area contributed by atoms with Gasteiger partial charge in [-0.3, -0.25) is 15.1 Å². The van der Waals surface area contributed by atoms with E-state index in [0.29, 0.717) is 11.3 Å². The molecule has 3 aliphatic rings. The number of carbonyl (C=O) groups is 1. The van der Waals surface area contributed by atoms with Crippen molar-refractivity contribution >= 4 is 11.6 Å². The fraction of sp³-hybridized carbons (Fsp3) is 0.435. The average Bonchev–Trinajstić information content (AvgIpc) is 3.15. The molecule has 0 bridgehead atoms. The molecule has 0 aliphatic carbocycles. The maximum Gasteiger partial charge on any atom is 0.243 e. The van der Waals surface area contributed by atoms with Crippen LogP contribution in [0.3, 0.4) is 0 Å². The summed E-state index contributed by atoms with van der Waals surface area (Å²) >= 11 is 0. The monoisotopic (exact) mass is 425 g/mol. The molecule has 4 atom stereocenters. The van der Waals surface area contributed by atoms with Crippen molar-refractivity contribution < 1.29 is 14.3 Å². The molecule has 2 aromatic carbocycles. The molecule has 0 spiro atoms. The maximum absolute atomic E-state index is 14.6. The number of carbonyl (C=O) groups excluding carboxylic acids is 1. The van der Waals surface area contributed by atoms with E-state index in [1.165, 1.54) is 22.2 Å². The zero-order valence-electron chi connectivity index (χ0n) is 17.7. The Labute approximate surface area is 181 Å². The fourth-order valence-electron chi connectivity index (χ4n) is 5.03. The largest absolute Gasteiger partial charge is 0.395 e. The topological polar surface area (TPSA) is 79.9 Å². The summed E-state index contributed by atoms with van der Waals surface area (Å²) in [4.78, 5) is 15.0. The number of likely N-dealkylation sites (N-methyl/N-ethyl adjacent to an activating group) is 1. The first-order valence-electron chi connectivity index (χ1n) is 10.7. The molecule has 2 fully saturated rings. The van der Waals surface area contributed by atoms with Crippen LogP contribution in [0.5, 0.6) is 0 Å². The van der Waals surface area contributed by atoms with Crippen LogP contribution in [0.2, 0.25) is 0 Å². The number of hydrogen-bond acceptors (Lipinski definition) is 6. The Kier molecular flexibility index (Phi) is 5.27. The zero-order valence-corrected chi connectivity index (χ0v) is 17.7. The van der Waals surface area contributed by atoms with E-state index >= 15 is 0 Å². The predicted octanol–water partition coefficient (Wildman–Crippen LogP) is 1.31. The Morgan fingerprint density at radius 3 is 2.77 bits per heavy atom. The lowest BCUT2D eigenvalue weighted by Crippen LogP contribution is -2.60. The van der Waals surface area contributed by atoms with Gasteiger partial charge in [0.25, 0.3) is 0 Å². The minimum atomic E-state index is -0.412. The van der Waals surface area contributed by atoms with Crippen LogP contribution in [0.1, 0.15) is 34.7 Å². The Hall–Kier alpha value is -2.36. The number of nitrogens with zero attached hydrogens (tertiary/aromatic N) is 2. The highest BCUT2D eigenvalue weighted by atomic mass is 19.1. The van der Waals surface area contributed by atoms with Crippen LogP contribution in [0.25, 0.3) is 0 Å². The number of anilines is 1. The molecule has 7 nitrogen and oxygen atoms in total. The van der Waals surface area contributed by atoms with E-state index in [2.05, 4.69) is 39.4 Å². The molecule has 3 aliphatic heterocycles. The van der Waals surface area contributed by atoms with Crippen LogP contribution in [-0.4, -0.2) is 47.7 Å². The number of aryl methyl sites for hydroxylation is 1. The van der Waals surface area contributed by atoms with Gasteiger partial charge in [-0.2, -0.15) is 0 Å².